The summed E-state index contributed by atoms with van der Waals surface area (Å²) < 4.78 is 0. The average molecular weight is 324 g/mol. The van der Waals surface area contributed by atoms with E-state index >= 15 is 0 Å². The highest BCUT2D eigenvalue weighted by molar-refractivity contribution is 5.86. The zero-order valence-corrected chi connectivity index (χ0v) is 13.4. The molecule has 2 aromatic rings. The van der Waals surface area contributed by atoms with Gasteiger partial charge in [-0.05, 0) is 30.9 Å². The Morgan fingerprint density at radius 1 is 1.45 bits per heavy atom. The summed E-state index contributed by atoms with van der Waals surface area (Å²) in [5.41, 5.74) is 3.61. The number of rotatable bonds is 4. The Morgan fingerprint density at radius 3 is 3.00 bits per heavy atom. The van der Waals surface area contributed by atoms with Crippen molar-refractivity contribution in [2.24, 2.45) is 0 Å². The summed E-state index contributed by atoms with van der Waals surface area (Å²) in [7, 11) is 0. The number of carbonyl (C=O) groups excluding carboxylic acids is 1. The number of carbonyl (C=O) groups is 1. The molecule has 1 fully saturated rings. The minimum Gasteiger partial charge on any atom is -0.392 e. The fourth-order valence-electron chi connectivity index (χ4n) is 2.93. The van der Waals surface area contributed by atoms with Crippen LogP contribution in [0.1, 0.15) is 17.5 Å². The molecule has 1 aromatic carbocycles. The maximum Gasteiger partial charge on any atom is 0.237 e. The number of amides is 1. The van der Waals surface area contributed by atoms with Gasteiger partial charge in [0.1, 0.15) is 0 Å². The van der Waals surface area contributed by atoms with Gasteiger partial charge in [-0.15, -0.1) is 12.4 Å². The third-order valence-corrected chi connectivity index (χ3v) is 4.13. The molecule has 6 heteroatoms. The predicted molar refractivity (Wildman–Crippen MR) is 89.4 cm³/mol. The Bertz CT molecular complexity index is 656. The zero-order chi connectivity index (χ0) is 14.8. The molecule has 2 atom stereocenters. The Labute approximate surface area is 135 Å². The highest BCUT2D eigenvalue weighted by Crippen LogP contribution is 2.21. The van der Waals surface area contributed by atoms with Crippen LogP contribution in [0.15, 0.2) is 24.4 Å². The summed E-state index contributed by atoms with van der Waals surface area (Å²) in [6, 6.07) is 5.98. The first-order chi connectivity index (χ1) is 10.1. The summed E-state index contributed by atoms with van der Waals surface area (Å²) in [6.45, 7) is 3.19. The lowest BCUT2D eigenvalue weighted by atomic mass is 10.1. The minimum absolute atomic E-state index is 0. The summed E-state index contributed by atoms with van der Waals surface area (Å²) in [4.78, 5) is 15.2. The van der Waals surface area contributed by atoms with Crippen molar-refractivity contribution in [3.63, 3.8) is 0 Å². The zero-order valence-electron chi connectivity index (χ0n) is 12.6. The lowest BCUT2D eigenvalue weighted by Crippen LogP contribution is -2.41. The first-order valence-electron chi connectivity index (χ1n) is 7.40. The van der Waals surface area contributed by atoms with Crippen molar-refractivity contribution in [1.82, 2.24) is 15.6 Å². The van der Waals surface area contributed by atoms with Crippen molar-refractivity contribution < 1.29 is 9.90 Å². The number of aryl methyl sites for hydroxylation is 1. The van der Waals surface area contributed by atoms with E-state index in [9.17, 15) is 9.90 Å². The molecule has 120 valence electrons. The number of aliphatic hydroxyl groups excluding tert-OH is 1. The van der Waals surface area contributed by atoms with Gasteiger partial charge >= 0.3 is 0 Å². The topological polar surface area (TPSA) is 77.2 Å². The number of hydrogen-bond acceptors (Lipinski definition) is 3. The van der Waals surface area contributed by atoms with Crippen molar-refractivity contribution in [2.45, 2.75) is 31.9 Å². The van der Waals surface area contributed by atoms with Crippen LogP contribution in [0.2, 0.25) is 0 Å². The Morgan fingerprint density at radius 2 is 2.27 bits per heavy atom. The second kappa shape index (κ2) is 7.13. The summed E-state index contributed by atoms with van der Waals surface area (Å²) in [5.74, 6) is -0.0254. The summed E-state index contributed by atoms with van der Waals surface area (Å²) >= 11 is 0. The van der Waals surface area contributed by atoms with Crippen LogP contribution in [-0.2, 0) is 11.2 Å². The normalized spacial score (nSPS) is 20.8. The van der Waals surface area contributed by atoms with Gasteiger partial charge in [-0.1, -0.05) is 18.2 Å². The van der Waals surface area contributed by atoms with Crippen LogP contribution in [0.4, 0.5) is 0 Å². The van der Waals surface area contributed by atoms with E-state index in [-0.39, 0.29) is 24.4 Å². The lowest BCUT2D eigenvalue weighted by Gasteiger charge is -2.10. The molecular weight excluding hydrogens is 302 g/mol. The monoisotopic (exact) mass is 323 g/mol. The number of benzene rings is 1. The molecule has 1 aromatic heterocycles. The van der Waals surface area contributed by atoms with Gasteiger partial charge in [-0.3, -0.25) is 4.79 Å². The fraction of sp³-hybridized carbons (Fsp3) is 0.438. The maximum absolute atomic E-state index is 11.9. The van der Waals surface area contributed by atoms with Gasteiger partial charge in [-0.25, -0.2) is 0 Å². The van der Waals surface area contributed by atoms with Gasteiger partial charge in [0.05, 0.1) is 12.1 Å². The molecule has 1 aliphatic heterocycles. The summed E-state index contributed by atoms with van der Waals surface area (Å²) in [5, 5.41) is 16.6. The molecule has 0 aliphatic carbocycles. The standard InChI is InChI=1S/C16H21N3O2.ClH/c1-10-3-2-4-13-11(8-19-15(10)13)5-6-17-16(21)14-7-12(20)9-18-14;/h2-4,8,12,14,18-20H,5-7,9H2,1H3,(H,17,21);1H. The summed E-state index contributed by atoms with van der Waals surface area (Å²) in [6.07, 6.45) is 2.90. The highest BCUT2D eigenvalue weighted by Gasteiger charge is 2.27. The largest absolute Gasteiger partial charge is 0.392 e. The number of fused-ring (bicyclic) bond motifs is 1. The fourth-order valence-corrected chi connectivity index (χ4v) is 2.93. The number of β-amino-alcohol motifs (C(OH)–C–C–N with tert-alkyl or cyclic N) is 1. The van der Waals surface area contributed by atoms with Crippen molar-refractivity contribution in [1.29, 1.82) is 0 Å². The van der Waals surface area contributed by atoms with E-state index in [0.717, 1.165) is 6.42 Å². The number of nitrogens with one attached hydrogen (secondary N) is 3. The number of halogens is 1. The Hall–Kier alpha value is -1.56. The van der Waals surface area contributed by atoms with Crippen molar-refractivity contribution in [3.05, 3.63) is 35.5 Å². The third kappa shape index (κ3) is 3.43. The number of para-hydroxylation sites is 1. The number of aromatic nitrogens is 1. The Kier molecular flexibility index (Phi) is 5.45. The van der Waals surface area contributed by atoms with E-state index in [4.69, 9.17) is 0 Å². The van der Waals surface area contributed by atoms with Gasteiger partial charge in [-0.2, -0.15) is 0 Å². The molecule has 22 heavy (non-hydrogen) atoms. The molecule has 0 spiro atoms. The second-order valence-electron chi connectivity index (χ2n) is 5.70. The smallest absolute Gasteiger partial charge is 0.237 e. The number of hydrogen-bond donors (Lipinski definition) is 4. The van der Waals surface area contributed by atoms with E-state index in [1.165, 1.54) is 22.0 Å². The van der Waals surface area contributed by atoms with Crippen molar-refractivity contribution >= 4 is 29.2 Å². The average Bonchev–Trinajstić information content (AvgIpc) is 3.07. The first-order valence-corrected chi connectivity index (χ1v) is 7.40. The quantitative estimate of drug-likeness (QED) is 0.684. The van der Waals surface area contributed by atoms with Crippen LogP contribution >= 0.6 is 12.4 Å². The Balaban J connectivity index is 0.00000176. The van der Waals surface area contributed by atoms with Gasteiger partial charge in [0, 0.05) is 30.2 Å². The van der Waals surface area contributed by atoms with Crippen LogP contribution in [-0.4, -0.2) is 41.2 Å². The van der Waals surface area contributed by atoms with Crippen LogP contribution in [0.25, 0.3) is 10.9 Å². The van der Waals surface area contributed by atoms with Crippen LogP contribution in [0, 0.1) is 6.92 Å². The van der Waals surface area contributed by atoms with Gasteiger partial charge in [0.15, 0.2) is 0 Å². The molecule has 0 bridgehead atoms. The van der Waals surface area contributed by atoms with Gasteiger partial charge < -0.3 is 20.7 Å². The third-order valence-electron chi connectivity index (χ3n) is 4.13. The molecular formula is C16H22ClN3O2. The molecule has 0 saturated carbocycles. The molecule has 5 nitrogen and oxygen atoms in total. The van der Waals surface area contributed by atoms with E-state index in [0.29, 0.717) is 19.5 Å². The second-order valence-corrected chi connectivity index (χ2v) is 5.70. The predicted octanol–water partition coefficient (Wildman–Crippen LogP) is 1.28. The minimum atomic E-state index is -0.405. The highest BCUT2D eigenvalue weighted by atomic mass is 35.5. The lowest BCUT2D eigenvalue weighted by molar-refractivity contribution is -0.122. The molecule has 1 amide bonds. The first kappa shape index (κ1) is 16.8. The molecule has 2 unspecified atom stereocenters. The van der Waals surface area contributed by atoms with E-state index in [2.05, 4.69) is 40.7 Å². The molecule has 3 rings (SSSR count). The van der Waals surface area contributed by atoms with E-state index in [1.54, 1.807) is 0 Å². The maximum atomic E-state index is 11.9. The number of aliphatic hydroxyl groups is 1. The van der Waals surface area contributed by atoms with Crippen molar-refractivity contribution in [3.8, 4) is 0 Å². The molecule has 1 aliphatic rings. The molecule has 2 heterocycles. The molecule has 4 N–H and O–H groups in total. The number of H-pyrrole nitrogens is 1. The number of aromatic amines is 1. The van der Waals surface area contributed by atoms with Gasteiger partial charge in [0.25, 0.3) is 0 Å². The molecule has 0 radical (unpaired) electrons. The van der Waals surface area contributed by atoms with Crippen LogP contribution < -0.4 is 10.6 Å². The van der Waals surface area contributed by atoms with Crippen LogP contribution in [0.3, 0.4) is 0 Å². The van der Waals surface area contributed by atoms with E-state index in [1.807, 2.05) is 6.20 Å². The molecule has 1 saturated heterocycles. The SMILES string of the molecule is Cc1cccc2c(CCNC(=O)C3CC(O)CN3)c[nH]c12.Cl. The van der Waals surface area contributed by atoms with Crippen molar-refractivity contribution in [2.75, 3.05) is 13.1 Å². The van der Waals surface area contributed by atoms with Crippen LogP contribution in [0.5, 0.6) is 0 Å². The van der Waals surface area contributed by atoms with Gasteiger partial charge in [0.2, 0.25) is 5.91 Å². The van der Waals surface area contributed by atoms with E-state index < -0.39 is 6.10 Å².